The largest absolute Gasteiger partial charge is 0.392 e. The molecule has 0 heterocycles. The van der Waals surface area contributed by atoms with Gasteiger partial charge in [0.2, 0.25) is 0 Å². The molecule has 0 amide bonds. The molecule has 0 radical (unpaired) electrons. The molecule has 0 aromatic carbocycles. The molecule has 1 fully saturated rings. The zero-order valence-electron chi connectivity index (χ0n) is 13.2. The lowest BCUT2D eigenvalue weighted by atomic mass is 9.73. The molecule has 0 aromatic rings. The number of rotatable bonds is 7. The number of hydrogen-bond acceptors (Lipinski definition) is 3. The van der Waals surface area contributed by atoms with Gasteiger partial charge in [0, 0.05) is 25.1 Å². The Kier molecular flexibility index (Phi) is 7.92. The van der Waals surface area contributed by atoms with Gasteiger partial charge in [-0.25, -0.2) is 0 Å². The van der Waals surface area contributed by atoms with Gasteiger partial charge in [0.15, 0.2) is 5.96 Å². The van der Waals surface area contributed by atoms with Gasteiger partial charge in [-0.15, -0.1) is 0 Å². The van der Waals surface area contributed by atoms with Crippen molar-refractivity contribution in [3.63, 3.8) is 0 Å². The zero-order valence-corrected chi connectivity index (χ0v) is 13.2. The predicted molar refractivity (Wildman–Crippen MR) is 83.1 cm³/mol. The zero-order chi connectivity index (χ0) is 14.8. The van der Waals surface area contributed by atoms with Crippen LogP contribution in [0.2, 0.25) is 0 Å². The van der Waals surface area contributed by atoms with Crippen molar-refractivity contribution in [3.8, 4) is 0 Å². The highest BCUT2D eigenvalue weighted by molar-refractivity contribution is 5.79. The van der Waals surface area contributed by atoms with Crippen LogP contribution in [0.5, 0.6) is 0 Å². The number of aliphatic hydroxyl groups is 1. The fourth-order valence-corrected chi connectivity index (χ4v) is 2.55. The molecule has 118 valence electrons. The topological polar surface area (TPSA) is 65.9 Å². The Morgan fingerprint density at radius 2 is 2.15 bits per heavy atom. The van der Waals surface area contributed by atoms with E-state index in [1.165, 1.54) is 6.42 Å². The third-order valence-electron chi connectivity index (χ3n) is 3.97. The Morgan fingerprint density at radius 1 is 1.35 bits per heavy atom. The van der Waals surface area contributed by atoms with Crippen LogP contribution in [0, 0.1) is 5.41 Å². The van der Waals surface area contributed by atoms with Gasteiger partial charge in [-0.3, -0.25) is 4.99 Å². The van der Waals surface area contributed by atoms with Gasteiger partial charge in [0.1, 0.15) is 0 Å². The highest BCUT2D eigenvalue weighted by atomic mass is 16.5. The van der Waals surface area contributed by atoms with Crippen LogP contribution in [0.4, 0.5) is 0 Å². The Balaban J connectivity index is 2.47. The molecule has 1 aliphatic carbocycles. The standard InChI is InChI=1S/C15H31N3O2/c1-4-16-14(17-10-11-20-5-2)18-12-15(3)9-7-6-8-13(15)19/h13,19H,4-12H2,1-3H3,(H2,16,17,18). The lowest BCUT2D eigenvalue weighted by Crippen LogP contribution is -2.42. The third kappa shape index (κ3) is 5.67. The van der Waals surface area contributed by atoms with Crippen LogP contribution in [0.3, 0.4) is 0 Å². The first-order chi connectivity index (χ1) is 9.62. The van der Waals surface area contributed by atoms with E-state index in [1.54, 1.807) is 0 Å². The van der Waals surface area contributed by atoms with Crippen LogP contribution >= 0.6 is 0 Å². The highest BCUT2D eigenvalue weighted by Gasteiger charge is 2.35. The monoisotopic (exact) mass is 285 g/mol. The first kappa shape index (κ1) is 17.2. The molecule has 5 heteroatoms. The summed E-state index contributed by atoms with van der Waals surface area (Å²) in [5, 5.41) is 16.7. The number of hydrogen-bond donors (Lipinski definition) is 3. The van der Waals surface area contributed by atoms with E-state index in [4.69, 9.17) is 4.74 Å². The molecule has 3 N–H and O–H groups in total. The summed E-state index contributed by atoms with van der Waals surface area (Å²) in [6.45, 7) is 9.85. The molecule has 5 nitrogen and oxygen atoms in total. The van der Waals surface area contributed by atoms with Gasteiger partial charge < -0.3 is 20.5 Å². The second kappa shape index (κ2) is 9.19. The van der Waals surface area contributed by atoms with Gasteiger partial charge >= 0.3 is 0 Å². The number of nitrogens with zero attached hydrogens (tertiary/aromatic N) is 1. The summed E-state index contributed by atoms with van der Waals surface area (Å²) >= 11 is 0. The molecule has 0 saturated heterocycles. The smallest absolute Gasteiger partial charge is 0.191 e. The maximum absolute atomic E-state index is 10.2. The summed E-state index contributed by atoms with van der Waals surface area (Å²) < 4.78 is 5.31. The molecule has 0 aromatic heterocycles. The van der Waals surface area contributed by atoms with Crippen LogP contribution in [0.1, 0.15) is 46.5 Å². The Morgan fingerprint density at radius 3 is 2.80 bits per heavy atom. The van der Waals surface area contributed by atoms with Crippen molar-refractivity contribution >= 4 is 5.96 Å². The molecule has 2 atom stereocenters. The molecule has 0 bridgehead atoms. The average molecular weight is 285 g/mol. The van der Waals surface area contributed by atoms with Crippen LogP contribution in [0.25, 0.3) is 0 Å². The van der Waals surface area contributed by atoms with Crippen molar-refractivity contribution in [3.05, 3.63) is 0 Å². The number of guanidine groups is 1. The molecular weight excluding hydrogens is 254 g/mol. The van der Waals surface area contributed by atoms with E-state index in [9.17, 15) is 5.11 Å². The van der Waals surface area contributed by atoms with E-state index in [0.717, 1.165) is 44.9 Å². The van der Waals surface area contributed by atoms with Gasteiger partial charge in [-0.2, -0.15) is 0 Å². The minimum atomic E-state index is -0.230. The molecule has 20 heavy (non-hydrogen) atoms. The lowest BCUT2D eigenvalue weighted by molar-refractivity contribution is 0.00716. The first-order valence-electron chi connectivity index (χ1n) is 7.90. The fraction of sp³-hybridized carbons (Fsp3) is 0.933. The van der Waals surface area contributed by atoms with Crippen molar-refractivity contribution in [2.24, 2.45) is 10.4 Å². The molecule has 0 aliphatic heterocycles. The molecule has 1 rings (SSSR count). The van der Waals surface area contributed by atoms with Crippen molar-refractivity contribution in [1.82, 2.24) is 10.6 Å². The number of aliphatic imine (C=N–C) groups is 1. The average Bonchev–Trinajstić information content (AvgIpc) is 2.44. The summed E-state index contributed by atoms with van der Waals surface area (Å²) in [6.07, 6.45) is 4.05. The van der Waals surface area contributed by atoms with Crippen LogP contribution in [-0.2, 0) is 4.74 Å². The van der Waals surface area contributed by atoms with Crippen LogP contribution < -0.4 is 10.6 Å². The van der Waals surface area contributed by atoms with E-state index in [2.05, 4.69) is 29.5 Å². The van der Waals surface area contributed by atoms with Crippen molar-refractivity contribution in [2.45, 2.75) is 52.6 Å². The summed E-state index contributed by atoms with van der Waals surface area (Å²) in [4.78, 5) is 4.64. The number of aliphatic hydroxyl groups excluding tert-OH is 1. The third-order valence-corrected chi connectivity index (χ3v) is 3.97. The van der Waals surface area contributed by atoms with Crippen molar-refractivity contribution in [2.75, 3.05) is 32.8 Å². The molecule has 1 aliphatic rings. The highest BCUT2D eigenvalue weighted by Crippen LogP contribution is 2.36. The SMILES string of the molecule is CCNC(=NCC1(C)CCCCC1O)NCCOCC. The second-order valence-corrected chi connectivity index (χ2v) is 5.73. The fourth-order valence-electron chi connectivity index (χ4n) is 2.55. The first-order valence-corrected chi connectivity index (χ1v) is 7.90. The van der Waals surface area contributed by atoms with Gasteiger partial charge in [-0.05, 0) is 26.7 Å². The molecular formula is C15H31N3O2. The molecule has 1 saturated carbocycles. The van der Waals surface area contributed by atoms with Gasteiger partial charge in [0.25, 0.3) is 0 Å². The predicted octanol–water partition coefficient (Wildman–Crippen LogP) is 1.52. The minimum Gasteiger partial charge on any atom is -0.392 e. The minimum absolute atomic E-state index is 0.0828. The van der Waals surface area contributed by atoms with Gasteiger partial charge in [-0.1, -0.05) is 19.8 Å². The Labute approximate surface area is 123 Å². The summed E-state index contributed by atoms with van der Waals surface area (Å²) in [6, 6.07) is 0. The Bertz CT molecular complexity index is 297. The van der Waals surface area contributed by atoms with E-state index in [-0.39, 0.29) is 11.5 Å². The number of ether oxygens (including phenoxy) is 1. The normalized spacial score (nSPS) is 27.4. The Hall–Kier alpha value is -0.810. The van der Waals surface area contributed by atoms with Crippen LogP contribution in [-0.4, -0.2) is 50.0 Å². The maximum Gasteiger partial charge on any atom is 0.191 e. The quantitative estimate of drug-likeness (QED) is 0.377. The van der Waals surface area contributed by atoms with Gasteiger partial charge in [0.05, 0.1) is 19.3 Å². The maximum atomic E-state index is 10.2. The van der Waals surface area contributed by atoms with Crippen molar-refractivity contribution < 1.29 is 9.84 Å². The number of nitrogens with one attached hydrogen (secondary N) is 2. The molecule has 0 spiro atoms. The van der Waals surface area contributed by atoms with E-state index in [0.29, 0.717) is 13.2 Å². The second-order valence-electron chi connectivity index (χ2n) is 5.73. The van der Waals surface area contributed by atoms with Crippen LogP contribution in [0.15, 0.2) is 4.99 Å². The summed E-state index contributed by atoms with van der Waals surface area (Å²) in [7, 11) is 0. The van der Waals surface area contributed by atoms with E-state index in [1.807, 2.05) is 6.92 Å². The van der Waals surface area contributed by atoms with E-state index >= 15 is 0 Å². The summed E-state index contributed by atoms with van der Waals surface area (Å²) in [5.41, 5.74) is -0.0828. The lowest BCUT2D eigenvalue weighted by Gasteiger charge is -2.37. The van der Waals surface area contributed by atoms with E-state index < -0.39 is 0 Å². The molecule has 2 unspecified atom stereocenters. The van der Waals surface area contributed by atoms with Crippen molar-refractivity contribution in [1.29, 1.82) is 0 Å². The summed E-state index contributed by atoms with van der Waals surface area (Å²) in [5.74, 6) is 0.811.